The van der Waals surface area contributed by atoms with E-state index < -0.39 is 24.3 Å². The van der Waals surface area contributed by atoms with Gasteiger partial charge in [0, 0.05) is 30.4 Å². The highest BCUT2D eigenvalue weighted by molar-refractivity contribution is 5.92. The molecule has 2 aliphatic carbocycles. The zero-order valence-electron chi connectivity index (χ0n) is 34.2. The maximum absolute atomic E-state index is 14.0. The lowest BCUT2D eigenvalue weighted by Crippen LogP contribution is -2.51. The van der Waals surface area contributed by atoms with E-state index in [9.17, 15) is 19.2 Å². The number of likely N-dealkylation sites (tertiary alicyclic amines) is 2. The minimum Gasteiger partial charge on any atom is -0.453 e. The van der Waals surface area contributed by atoms with E-state index in [1.165, 1.54) is 14.2 Å². The van der Waals surface area contributed by atoms with Gasteiger partial charge < -0.3 is 39.9 Å². The summed E-state index contributed by atoms with van der Waals surface area (Å²) < 4.78 is 9.76. The number of rotatable bonds is 10. The molecule has 4 fully saturated rings. The second-order valence-corrected chi connectivity index (χ2v) is 16.9. The molecule has 0 radical (unpaired) electrons. The molecule has 4 amide bonds. The van der Waals surface area contributed by atoms with E-state index in [1.54, 1.807) is 0 Å². The molecule has 3 aromatic heterocycles. The van der Waals surface area contributed by atoms with Crippen molar-refractivity contribution in [2.75, 3.05) is 27.3 Å². The fraction of sp³-hybridized carbons (Fsp3) is 0.489. The molecule has 2 saturated carbocycles. The van der Waals surface area contributed by atoms with Crippen LogP contribution in [0.4, 0.5) is 9.59 Å². The molecule has 0 bridgehead atoms. The van der Waals surface area contributed by atoms with Gasteiger partial charge in [0.2, 0.25) is 11.8 Å². The van der Waals surface area contributed by atoms with Crippen molar-refractivity contribution in [2.45, 2.75) is 101 Å². The van der Waals surface area contributed by atoms with Crippen LogP contribution in [0.2, 0.25) is 0 Å². The second-order valence-electron chi connectivity index (χ2n) is 16.9. The van der Waals surface area contributed by atoms with Crippen LogP contribution in [0.3, 0.4) is 0 Å². The number of fused-ring (bicyclic) bond motifs is 2. The van der Waals surface area contributed by atoms with Crippen molar-refractivity contribution in [3.8, 4) is 22.4 Å². The molecule has 2 aromatic carbocycles. The normalized spacial score (nSPS) is 20.8. The number of benzene rings is 2. The number of pyridine rings is 1. The summed E-state index contributed by atoms with van der Waals surface area (Å²) in [5.41, 5.74) is 5.20. The largest absolute Gasteiger partial charge is 0.453 e. The Morgan fingerprint density at radius 1 is 0.633 bits per heavy atom. The molecular formula is C45H53N9O6. The molecule has 2 aliphatic heterocycles. The van der Waals surface area contributed by atoms with Crippen molar-refractivity contribution in [3.63, 3.8) is 0 Å². The number of hydrogen-bond acceptors (Lipinski definition) is 9. The van der Waals surface area contributed by atoms with Gasteiger partial charge in [-0.05, 0) is 97.7 Å². The van der Waals surface area contributed by atoms with Crippen LogP contribution < -0.4 is 10.6 Å². The van der Waals surface area contributed by atoms with E-state index in [2.05, 4.69) is 63.1 Å². The number of nitrogens with one attached hydrogen (secondary N) is 4. The molecule has 4 N–H and O–H groups in total. The van der Waals surface area contributed by atoms with Crippen LogP contribution in [0, 0.1) is 11.8 Å². The standard InChI is InChI=1S/C45H53N9O6/c1-59-44(57)50-37(26-9-3-4-10-26)42(55)53-19-7-13-35(53)40-47-25-34(49-40)31-18-17-28-21-30(16-15-29(28)22-31)32-23-33-39(46-24-32)52-41(48-33)36-14-8-20-54(36)43(56)38(51-45(58)60-2)27-11-5-6-12-27/h15-18,21-27,35-38H,3-14,19-20H2,1-2H3,(H,47,49)(H,50,57)(H,51,58)(H,46,48,52)/t35-,36-,37-,38-/m0/s1. The van der Waals surface area contributed by atoms with E-state index in [0.717, 1.165) is 122 Å². The van der Waals surface area contributed by atoms with Gasteiger partial charge in [0.25, 0.3) is 0 Å². The minimum absolute atomic E-state index is 0.0668. The predicted octanol–water partition coefficient (Wildman–Crippen LogP) is 7.32. The van der Waals surface area contributed by atoms with Crippen LogP contribution >= 0.6 is 0 Å². The molecule has 0 unspecified atom stereocenters. The summed E-state index contributed by atoms with van der Waals surface area (Å²) in [5.74, 6) is 1.50. The van der Waals surface area contributed by atoms with Crippen molar-refractivity contribution < 1.29 is 28.7 Å². The second kappa shape index (κ2) is 16.9. The molecule has 15 heteroatoms. The first kappa shape index (κ1) is 39.5. The van der Waals surface area contributed by atoms with Crippen LogP contribution in [0.25, 0.3) is 44.3 Å². The highest BCUT2D eigenvalue weighted by Crippen LogP contribution is 2.38. The molecule has 2 saturated heterocycles. The molecule has 9 rings (SSSR count). The number of carbonyl (C=O) groups excluding carboxylic acids is 4. The Bertz CT molecular complexity index is 2400. The van der Waals surface area contributed by atoms with Gasteiger partial charge in [0.15, 0.2) is 5.65 Å². The van der Waals surface area contributed by atoms with Crippen molar-refractivity contribution in [3.05, 3.63) is 66.5 Å². The third-order valence-electron chi connectivity index (χ3n) is 13.3. The maximum Gasteiger partial charge on any atom is 0.407 e. The average Bonchev–Trinajstić information content (AvgIpc) is 4.12. The van der Waals surface area contributed by atoms with Gasteiger partial charge in [-0.2, -0.15) is 0 Å². The van der Waals surface area contributed by atoms with Crippen molar-refractivity contribution in [1.82, 2.24) is 45.4 Å². The third kappa shape index (κ3) is 7.77. The predicted molar refractivity (Wildman–Crippen MR) is 224 cm³/mol. The summed E-state index contributed by atoms with van der Waals surface area (Å²) >= 11 is 0. The maximum atomic E-state index is 14.0. The van der Waals surface area contributed by atoms with Gasteiger partial charge in [-0.25, -0.2) is 24.5 Å². The first-order valence-corrected chi connectivity index (χ1v) is 21.5. The summed E-state index contributed by atoms with van der Waals surface area (Å²) in [6, 6.07) is 13.1. The highest BCUT2D eigenvalue weighted by Gasteiger charge is 2.42. The van der Waals surface area contributed by atoms with Crippen LogP contribution in [-0.2, 0) is 19.1 Å². The number of ether oxygens (including phenoxy) is 2. The van der Waals surface area contributed by atoms with E-state index in [1.807, 2.05) is 22.2 Å². The quantitative estimate of drug-likeness (QED) is 0.112. The lowest BCUT2D eigenvalue weighted by atomic mass is 9.96. The number of H-pyrrole nitrogens is 2. The number of imidazole rings is 2. The number of nitrogens with zero attached hydrogens (tertiary/aromatic N) is 5. The van der Waals surface area contributed by atoms with Gasteiger partial charge in [-0.1, -0.05) is 49.9 Å². The zero-order valence-corrected chi connectivity index (χ0v) is 34.2. The monoisotopic (exact) mass is 815 g/mol. The lowest BCUT2D eigenvalue weighted by Gasteiger charge is -2.31. The SMILES string of the molecule is COC(=O)N[C@H](C(=O)N1CCC[C@H]1c1ncc(-c2ccc3cc(-c4cnc5nc([C@@H]6CCCN6C(=O)[C@@H](NC(=O)OC)C6CCCC6)[nH]c5c4)ccc3c2)[nH]1)C1CCCC1. The highest BCUT2D eigenvalue weighted by atomic mass is 16.5. The van der Waals surface area contributed by atoms with Gasteiger partial charge >= 0.3 is 12.2 Å². The fourth-order valence-corrected chi connectivity index (χ4v) is 10.2. The van der Waals surface area contributed by atoms with E-state index >= 15 is 0 Å². The summed E-state index contributed by atoms with van der Waals surface area (Å²) in [5, 5.41) is 7.83. The minimum atomic E-state index is -0.617. The summed E-state index contributed by atoms with van der Waals surface area (Å²) in [4.78, 5) is 77.5. The van der Waals surface area contributed by atoms with Crippen LogP contribution in [0.5, 0.6) is 0 Å². The molecule has 4 aliphatic rings. The van der Waals surface area contributed by atoms with Crippen molar-refractivity contribution >= 4 is 45.9 Å². The fourth-order valence-electron chi connectivity index (χ4n) is 10.2. The van der Waals surface area contributed by atoms with E-state index in [-0.39, 0.29) is 35.7 Å². The Balaban J connectivity index is 0.903. The molecule has 314 valence electrons. The van der Waals surface area contributed by atoms with Gasteiger partial charge in [-0.15, -0.1) is 0 Å². The zero-order chi connectivity index (χ0) is 41.3. The molecule has 5 heterocycles. The first-order chi connectivity index (χ1) is 29.3. The topological polar surface area (TPSA) is 188 Å². The summed E-state index contributed by atoms with van der Waals surface area (Å²) in [6.45, 7) is 1.22. The number of aromatic amines is 2. The molecule has 0 spiro atoms. The number of carbonyl (C=O) groups is 4. The Kier molecular flexibility index (Phi) is 11.1. The van der Waals surface area contributed by atoms with Crippen molar-refractivity contribution in [2.24, 2.45) is 11.8 Å². The Hall–Kier alpha value is -5.99. The van der Waals surface area contributed by atoms with E-state index in [0.29, 0.717) is 24.6 Å². The summed E-state index contributed by atoms with van der Waals surface area (Å²) in [6.07, 6.45) is 13.6. The Morgan fingerprint density at radius 3 is 1.77 bits per heavy atom. The molecule has 60 heavy (non-hydrogen) atoms. The Labute approximate surface area is 348 Å². The average molecular weight is 816 g/mol. The summed E-state index contributed by atoms with van der Waals surface area (Å²) in [7, 11) is 2.65. The number of methoxy groups -OCH3 is 2. The van der Waals surface area contributed by atoms with Gasteiger partial charge in [-0.3, -0.25) is 9.59 Å². The molecule has 15 nitrogen and oxygen atoms in total. The Morgan fingerprint density at radius 2 is 1.18 bits per heavy atom. The molecule has 4 atom stereocenters. The van der Waals surface area contributed by atoms with Crippen molar-refractivity contribution in [1.29, 1.82) is 0 Å². The van der Waals surface area contributed by atoms with Crippen LogP contribution in [0.15, 0.2) is 54.9 Å². The van der Waals surface area contributed by atoms with Gasteiger partial charge in [0.05, 0.1) is 43.7 Å². The molecule has 5 aromatic rings. The number of aromatic nitrogens is 5. The smallest absolute Gasteiger partial charge is 0.407 e. The third-order valence-corrected chi connectivity index (χ3v) is 13.3. The van der Waals surface area contributed by atoms with E-state index in [4.69, 9.17) is 24.4 Å². The number of amides is 4. The van der Waals surface area contributed by atoms with Crippen LogP contribution in [-0.4, -0.2) is 98.1 Å². The van der Waals surface area contributed by atoms with Crippen LogP contribution in [0.1, 0.15) is 101 Å². The first-order valence-electron chi connectivity index (χ1n) is 21.5. The molecular weight excluding hydrogens is 763 g/mol. The number of hydrogen-bond donors (Lipinski definition) is 4. The van der Waals surface area contributed by atoms with Gasteiger partial charge in [0.1, 0.15) is 23.7 Å². The lowest BCUT2D eigenvalue weighted by molar-refractivity contribution is -0.136. The number of alkyl carbamates (subject to hydrolysis) is 2.